The number of hydrogen-bond acceptors (Lipinski definition) is 6. The minimum atomic E-state index is -4.53. The van der Waals surface area contributed by atoms with Gasteiger partial charge >= 0.3 is 12.4 Å². The largest absolute Gasteiger partial charge is 0.484 e. The summed E-state index contributed by atoms with van der Waals surface area (Å²) in [5.74, 6) is -0.255. The third kappa shape index (κ3) is 6.06. The molecule has 166 valence electrons. The van der Waals surface area contributed by atoms with Gasteiger partial charge in [0.05, 0.1) is 12.1 Å². The van der Waals surface area contributed by atoms with E-state index < -0.39 is 37.4 Å². The van der Waals surface area contributed by atoms with Crippen molar-refractivity contribution in [3.8, 4) is 23.0 Å². The van der Waals surface area contributed by atoms with E-state index >= 15 is 0 Å². The Balaban J connectivity index is 1.98. The van der Waals surface area contributed by atoms with Crippen LogP contribution in [-0.4, -0.2) is 38.7 Å². The zero-order chi connectivity index (χ0) is 22.8. The molecule has 7 nitrogen and oxygen atoms in total. The van der Waals surface area contributed by atoms with Gasteiger partial charge in [0.25, 0.3) is 11.4 Å². The van der Waals surface area contributed by atoms with E-state index in [-0.39, 0.29) is 34.7 Å². The average molecular weight is 448 g/mol. The summed E-state index contributed by atoms with van der Waals surface area (Å²) >= 11 is 0. The maximum Gasteiger partial charge on any atom is 0.422 e. The first-order valence-electron chi connectivity index (χ1n) is 8.72. The Morgan fingerprint density at radius 2 is 1.71 bits per heavy atom. The van der Waals surface area contributed by atoms with E-state index in [1.165, 1.54) is 19.1 Å². The first-order valence-corrected chi connectivity index (χ1v) is 8.72. The molecule has 0 saturated carbocycles. The zero-order valence-electron chi connectivity index (χ0n) is 15.8. The molecule has 3 aromatic rings. The van der Waals surface area contributed by atoms with Gasteiger partial charge in [-0.3, -0.25) is 9.36 Å². The molecule has 0 fully saturated rings. The van der Waals surface area contributed by atoms with E-state index in [4.69, 9.17) is 4.52 Å². The second-order valence-corrected chi connectivity index (χ2v) is 6.39. The molecule has 0 aliphatic rings. The third-order valence-electron chi connectivity index (χ3n) is 3.86. The van der Waals surface area contributed by atoms with E-state index in [0.29, 0.717) is 0 Å². The van der Waals surface area contributed by atoms with Crippen LogP contribution in [0.2, 0.25) is 0 Å². The molecule has 3 rings (SSSR count). The Morgan fingerprint density at radius 3 is 2.26 bits per heavy atom. The molecule has 0 atom stereocenters. The highest BCUT2D eigenvalue weighted by atomic mass is 19.4. The second-order valence-electron chi connectivity index (χ2n) is 6.39. The van der Waals surface area contributed by atoms with Crippen molar-refractivity contribution < 1.29 is 35.6 Å². The van der Waals surface area contributed by atoms with Crippen molar-refractivity contribution in [2.45, 2.75) is 32.1 Å². The number of halogens is 6. The number of ether oxygens (including phenoxy) is 1. The maximum absolute atomic E-state index is 12.8. The fraction of sp³-hybridized carbons (Fsp3) is 0.333. The van der Waals surface area contributed by atoms with Gasteiger partial charge < -0.3 is 9.26 Å². The fourth-order valence-corrected chi connectivity index (χ4v) is 2.59. The van der Waals surface area contributed by atoms with Crippen molar-refractivity contribution in [2.24, 2.45) is 0 Å². The number of rotatable bonds is 6. The summed E-state index contributed by atoms with van der Waals surface area (Å²) in [6.45, 7) is 0.00415. The topological polar surface area (TPSA) is 83.0 Å². The Kier molecular flexibility index (Phi) is 6.04. The van der Waals surface area contributed by atoms with E-state index in [1.54, 1.807) is 0 Å². The van der Waals surface area contributed by atoms with E-state index in [9.17, 15) is 31.1 Å². The quantitative estimate of drug-likeness (QED) is 0.530. The number of benzene rings is 1. The van der Waals surface area contributed by atoms with Crippen LogP contribution in [-0.2, 0) is 6.42 Å². The lowest BCUT2D eigenvalue weighted by Crippen LogP contribution is -2.25. The summed E-state index contributed by atoms with van der Waals surface area (Å²) in [6, 6.07) is 5.82. The Bertz CT molecular complexity index is 1100. The lowest BCUT2D eigenvalue weighted by molar-refractivity contribution is -0.153. The van der Waals surface area contributed by atoms with Crippen LogP contribution in [0.4, 0.5) is 26.3 Å². The van der Waals surface area contributed by atoms with Crippen LogP contribution in [0.3, 0.4) is 0 Å². The van der Waals surface area contributed by atoms with Crippen LogP contribution in [0.1, 0.15) is 18.1 Å². The SMILES string of the molecule is Cc1noc(-c2cc(=O)n(-c3ccc(OCC(F)(F)F)cc3)c(CCC(F)(F)F)n2)n1. The smallest absolute Gasteiger partial charge is 0.422 e. The molecular formula is C18H14F6N4O3. The molecule has 0 bridgehead atoms. The van der Waals surface area contributed by atoms with Gasteiger partial charge in [-0.2, -0.15) is 31.3 Å². The number of aromatic nitrogens is 4. The molecule has 0 aliphatic carbocycles. The molecule has 2 aromatic heterocycles. The van der Waals surface area contributed by atoms with E-state index in [1.807, 2.05) is 0 Å². The number of aryl methyl sites for hydroxylation is 2. The molecule has 0 aliphatic heterocycles. The normalized spacial score (nSPS) is 12.2. The van der Waals surface area contributed by atoms with Crippen molar-refractivity contribution in [3.05, 3.63) is 52.3 Å². The molecular weight excluding hydrogens is 434 g/mol. The zero-order valence-corrected chi connectivity index (χ0v) is 15.8. The molecule has 13 heteroatoms. The minimum Gasteiger partial charge on any atom is -0.484 e. The van der Waals surface area contributed by atoms with Crippen molar-refractivity contribution in [2.75, 3.05) is 6.61 Å². The van der Waals surface area contributed by atoms with Crippen LogP contribution in [0.25, 0.3) is 17.3 Å². The highest BCUT2D eigenvalue weighted by Gasteiger charge is 2.29. The van der Waals surface area contributed by atoms with Gasteiger partial charge in [-0.1, -0.05) is 5.16 Å². The molecule has 0 radical (unpaired) electrons. The van der Waals surface area contributed by atoms with Gasteiger partial charge in [-0.15, -0.1) is 0 Å². The van der Waals surface area contributed by atoms with Crippen molar-refractivity contribution in [1.82, 2.24) is 19.7 Å². The van der Waals surface area contributed by atoms with Crippen molar-refractivity contribution in [3.63, 3.8) is 0 Å². The molecule has 31 heavy (non-hydrogen) atoms. The molecule has 0 N–H and O–H groups in total. The molecule has 1 aromatic carbocycles. The Morgan fingerprint density at radius 1 is 1.03 bits per heavy atom. The van der Waals surface area contributed by atoms with Gasteiger partial charge in [0.15, 0.2) is 12.4 Å². The summed E-state index contributed by atoms with van der Waals surface area (Å²) in [7, 11) is 0. The monoisotopic (exact) mass is 448 g/mol. The maximum atomic E-state index is 12.8. The predicted octanol–water partition coefficient (Wildman–Crippen LogP) is 4.03. The van der Waals surface area contributed by atoms with Crippen molar-refractivity contribution >= 4 is 0 Å². The predicted molar refractivity (Wildman–Crippen MR) is 93.8 cm³/mol. The van der Waals surface area contributed by atoms with Gasteiger partial charge in [0.2, 0.25) is 0 Å². The average Bonchev–Trinajstić information content (AvgIpc) is 3.10. The first kappa shape index (κ1) is 22.3. The van der Waals surface area contributed by atoms with E-state index in [2.05, 4.69) is 19.9 Å². The number of hydrogen-bond donors (Lipinski definition) is 0. The molecule has 0 amide bonds. The minimum absolute atomic E-state index is 0.0934. The van der Waals surface area contributed by atoms with Crippen LogP contribution in [0.5, 0.6) is 5.75 Å². The summed E-state index contributed by atoms with van der Waals surface area (Å²) in [4.78, 5) is 20.7. The van der Waals surface area contributed by atoms with E-state index in [0.717, 1.165) is 22.8 Å². The highest BCUT2D eigenvalue weighted by molar-refractivity contribution is 5.47. The van der Waals surface area contributed by atoms with Crippen LogP contribution >= 0.6 is 0 Å². The van der Waals surface area contributed by atoms with Crippen LogP contribution < -0.4 is 10.3 Å². The number of nitrogens with zero attached hydrogens (tertiary/aromatic N) is 4. The van der Waals surface area contributed by atoms with Gasteiger partial charge in [-0.05, 0) is 31.2 Å². The lowest BCUT2D eigenvalue weighted by Gasteiger charge is -2.15. The summed E-state index contributed by atoms with van der Waals surface area (Å²) in [5.41, 5.74) is -0.728. The van der Waals surface area contributed by atoms with Gasteiger partial charge in [0.1, 0.15) is 17.3 Å². The van der Waals surface area contributed by atoms with Crippen LogP contribution in [0, 0.1) is 6.92 Å². The molecule has 0 unspecified atom stereocenters. The standard InChI is InChI=1S/C18H14F6N4O3/c1-10-25-16(31-27-10)13-8-15(29)28(14(26-13)6-7-17(19,20)21)11-2-4-12(5-3-11)30-9-18(22,23)24/h2-5,8H,6-7,9H2,1H3. The second kappa shape index (κ2) is 8.40. The van der Waals surface area contributed by atoms with Crippen LogP contribution in [0.15, 0.2) is 39.6 Å². The third-order valence-corrected chi connectivity index (χ3v) is 3.86. The lowest BCUT2D eigenvalue weighted by atomic mass is 10.2. The summed E-state index contributed by atoms with van der Waals surface area (Å²) < 4.78 is 85.5. The number of alkyl halides is 6. The van der Waals surface area contributed by atoms with Crippen molar-refractivity contribution in [1.29, 1.82) is 0 Å². The molecule has 2 heterocycles. The van der Waals surface area contributed by atoms with Gasteiger partial charge in [0, 0.05) is 12.5 Å². The fourth-order valence-electron chi connectivity index (χ4n) is 2.59. The van der Waals surface area contributed by atoms with Gasteiger partial charge in [-0.25, -0.2) is 4.98 Å². The Hall–Kier alpha value is -3.38. The summed E-state index contributed by atoms with van der Waals surface area (Å²) in [5, 5.41) is 3.55. The molecule has 0 saturated heterocycles. The summed E-state index contributed by atoms with van der Waals surface area (Å²) in [6.07, 6.45) is -10.9. The first-order chi connectivity index (χ1) is 14.4. The molecule has 0 spiro atoms. The highest BCUT2D eigenvalue weighted by Crippen LogP contribution is 2.24. The Labute approximate surface area is 170 Å².